The molecular weight excluding hydrogens is 538 g/mol. The van der Waals surface area contributed by atoms with Crippen LogP contribution in [0.4, 0.5) is 11.5 Å². The first kappa shape index (κ1) is 30.0. The van der Waals surface area contributed by atoms with Crippen LogP contribution in [0.2, 0.25) is 23.3 Å². The van der Waals surface area contributed by atoms with E-state index < -0.39 is 8.32 Å². The number of nitrogens with one attached hydrogen (secondary N) is 2. The SMILES string of the molecule is C=N/C(=C\C=N/CNc1cc(Cl)nn1CCC1CC1)c1cc(C#N)c2c(c1)[C@@](C)(CO[Si](C)(C)C(C)(C)C)CN2. The molecule has 2 N–H and O–H groups in total. The van der Waals surface area contributed by atoms with Gasteiger partial charge in [0.2, 0.25) is 0 Å². The van der Waals surface area contributed by atoms with Crippen LogP contribution in [0, 0.1) is 17.2 Å². The van der Waals surface area contributed by atoms with Gasteiger partial charge < -0.3 is 15.1 Å². The zero-order chi connectivity index (χ0) is 29.1. The monoisotopic (exact) mass is 579 g/mol. The second-order valence-corrected chi connectivity index (χ2v) is 17.9. The second kappa shape index (κ2) is 11.9. The Bertz CT molecular complexity index is 1350. The zero-order valence-corrected chi connectivity index (χ0v) is 26.4. The van der Waals surface area contributed by atoms with Crippen molar-refractivity contribution in [1.82, 2.24) is 9.78 Å². The molecule has 1 aromatic heterocycles. The number of anilines is 2. The van der Waals surface area contributed by atoms with Crippen molar-refractivity contribution >= 4 is 50.1 Å². The van der Waals surface area contributed by atoms with Gasteiger partial charge in [-0.2, -0.15) is 10.4 Å². The number of aromatic nitrogens is 2. The van der Waals surface area contributed by atoms with E-state index in [0.29, 0.717) is 36.2 Å². The molecule has 0 radical (unpaired) electrons. The molecule has 40 heavy (non-hydrogen) atoms. The lowest BCUT2D eigenvalue weighted by atomic mass is 9.83. The number of hydrogen-bond donors (Lipinski definition) is 2. The Kier molecular flexibility index (Phi) is 8.93. The summed E-state index contributed by atoms with van der Waals surface area (Å²) in [6.45, 7) is 19.8. The molecule has 2 aliphatic rings. The Hall–Kier alpha value is -2.93. The van der Waals surface area contributed by atoms with Crippen molar-refractivity contribution < 1.29 is 4.43 Å². The summed E-state index contributed by atoms with van der Waals surface area (Å²) < 4.78 is 8.54. The molecule has 1 aliphatic heterocycles. The van der Waals surface area contributed by atoms with Crippen molar-refractivity contribution in [2.45, 2.75) is 77.0 Å². The Labute approximate surface area is 244 Å². The first-order valence-corrected chi connectivity index (χ1v) is 17.3. The van der Waals surface area contributed by atoms with Gasteiger partial charge in [-0.25, -0.2) is 4.68 Å². The third kappa shape index (κ3) is 6.85. The van der Waals surface area contributed by atoms with E-state index >= 15 is 0 Å². The molecule has 0 amide bonds. The first-order valence-electron chi connectivity index (χ1n) is 14.0. The van der Waals surface area contributed by atoms with E-state index in [0.717, 1.165) is 41.5 Å². The zero-order valence-electron chi connectivity index (χ0n) is 24.6. The van der Waals surface area contributed by atoms with E-state index in [-0.39, 0.29) is 10.5 Å². The molecule has 10 heteroatoms. The van der Waals surface area contributed by atoms with Crippen molar-refractivity contribution in [3.05, 3.63) is 46.1 Å². The number of allylic oxidation sites excluding steroid dienone is 1. The molecule has 0 bridgehead atoms. The highest BCUT2D eigenvalue weighted by molar-refractivity contribution is 6.74. The van der Waals surface area contributed by atoms with E-state index in [9.17, 15) is 5.26 Å². The van der Waals surface area contributed by atoms with Crippen LogP contribution in [0.25, 0.3) is 5.70 Å². The van der Waals surface area contributed by atoms with Gasteiger partial charge in [0.05, 0.1) is 16.9 Å². The summed E-state index contributed by atoms with van der Waals surface area (Å²) in [5, 5.41) is 21.7. The number of rotatable bonds is 12. The van der Waals surface area contributed by atoms with Crippen LogP contribution in [0.15, 0.2) is 34.3 Å². The van der Waals surface area contributed by atoms with Gasteiger partial charge in [-0.05, 0) is 61.0 Å². The lowest BCUT2D eigenvalue weighted by Gasteiger charge is -2.39. The Morgan fingerprint density at radius 1 is 1.38 bits per heavy atom. The minimum absolute atomic E-state index is 0.122. The molecule has 8 nitrogen and oxygen atoms in total. The van der Waals surface area contributed by atoms with E-state index in [1.165, 1.54) is 12.8 Å². The summed E-state index contributed by atoms with van der Waals surface area (Å²) in [7, 11) is -1.93. The number of aliphatic imine (C=N–C) groups is 2. The van der Waals surface area contributed by atoms with E-state index in [1.807, 2.05) is 22.9 Å². The van der Waals surface area contributed by atoms with Gasteiger partial charge in [-0.15, -0.1) is 0 Å². The number of benzene rings is 1. The van der Waals surface area contributed by atoms with Gasteiger partial charge in [0.1, 0.15) is 18.6 Å². The van der Waals surface area contributed by atoms with Crippen LogP contribution in [0.3, 0.4) is 0 Å². The summed E-state index contributed by atoms with van der Waals surface area (Å²) in [6.07, 6.45) is 7.28. The molecule has 4 rings (SSSR count). The average molecular weight is 580 g/mol. The molecule has 1 atom stereocenters. The molecule has 1 aromatic carbocycles. The fourth-order valence-corrected chi connectivity index (χ4v) is 5.87. The van der Waals surface area contributed by atoms with Crippen molar-refractivity contribution in [3.8, 4) is 6.07 Å². The van der Waals surface area contributed by atoms with Crippen LogP contribution < -0.4 is 10.6 Å². The maximum absolute atomic E-state index is 9.94. The number of fused-ring (bicyclic) bond motifs is 1. The highest BCUT2D eigenvalue weighted by Crippen LogP contribution is 2.43. The summed E-state index contributed by atoms with van der Waals surface area (Å²) in [5.74, 6) is 1.68. The van der Waals surface area contributed by atoms with Crippen molar-refractivity contribution in [1.29, 1.82) is 5.26 Å². The molecule has 1 fully saturated rings. The van der Waals surface area contributed by atoms with Crippen LogP contribution in [0.1, 0.15) is 63.6 Å². The molecule has 2 aromatic rings. The summed E-state index contributed by atoms with van der Waals surface area (Å²) in [5.41, 5.74) is 3.76. The van der Waals surface area contributed by atoms with Crippen molar-refractivity contribution in [2.24, 2.45) is 15.9 Å². The third-order valence-corrected chi connectivity index (χ3v) is 13.1. The van der Waals surface area contributed by atoms with Crippen LogP contribution in [-0.4, -0.2) is 50.9 Å². The van der Waals surface area contributed by atoms with Gasteiger partial charge in [0.25, 0.3) is 0 Å². The van der Waals surface area contributed by atoms with Crippen molar-refractivity contribution in [2.75, 3.05) is 30.5 Å². The molecule has 214 valence electrons. The molecule has 0 saturated heterocycles. The fraction of sp³-hybridized carbons (Fsp3) is 0.533. The topological polar surface area (TPSA) is 99.6 Å². The predicted molar refractivity (Wildman–Crippen MR) is 169 cm³/mol. The number of nitriles is 1. The van der Waals surface area contributed by atoms with Gasteiger partial charge in [-0.3, -0.25) is 9.98 Å². The normalized spacial score (nSPS) is 19.4. The van der Waals surface area contributed by atoms with Gasteiger partial charge >= 0.3 is 0 Å². The average Bonchev–Trinajstić information content (AvgIpc) is 3.58. The lowest BCUT2D eigenvalue weighted by Crippen LogP contribution is -2.45. The highest BCUT2D eigenvalue weighted by atomic mass is 35.5. The lowest BCUT2D eigenvalue weighted by molar-refractivity contribution is 0.220. The minimum atomic E-state index is -1.93. The van der Waals surface area contributed by atoms with E-state index in [2.05, 4.69) is 85.4 Å². The highest BCUT2D eigenvalue weighted by Gasteiger charge is 2.42. The quantitative estimate of drug-likeness (QED) is 0.206. The third-order valence-electron chi connectivity index (χ3n) is 8.47. The molecular formula is C30H42ClN7OSi. The molecule has 1 saturated carbocycles. The predicted octanol–water partition coefficient (Wildman–Crippen LogP) is 7.10. The van der Waals surface area contributed by atoms with E-state index in [4.69, 9.17) is 16.0 Å². The molecule has 2 heterocycles. The molecule has 0 unspecified atom stereocenters. The van der Waals surface area contributed by atoms with Crippen LogP contribution >= 0.6 is 11.6 Å². The number of aryl methyl sites for hydroxylation is 1. The van der Waals surface area contributed by atoms with E-state index in [1.54, 1.807) is 6.21 Å². The van der Waals surface area contributed by atoms with Crippen molar-refractivity contribution in [3.63, 3.8) is 0 Å². The number of hydrogen-bond acceptors (Lipinski definition) is 7. The smallest absolute Gasteiger partial charge is 0.192 e. The molecule has 1 aliphatic carbocycles. The maximum atomic E-state index is 9.94. The molecule has 0 spiro atoms. The summed E-state index contributed by atoms with van der Waals surface area (Å²) in [4.78, 5) is 8.74. The summed E-state index contributed by atoms with van der Waals surface area (Å²) >= 11 is 6.14. The Morgan fingerprint density at radius 3 is 2.77 bits per heavy atom. The Balaban J connectivity index is 1.48. The number of halogens is 1. The van der Waals surface area contributed by atoms with Crippen LogP contribution in [-0.2, 0) is 16.4 Å². The number of nitrogens with zero attached hydrogens (tertiary/aromatic N) is 5. The Morgan fingerprint density at radius 2 is 2.12 bits per heavy atom. The minimum Gasteiger partial charge on any atom is -0.416 e. The maximum Gasteiger partial charge on any atom is 0.192 e. The summed E-state index contributed by atoms with van der Waals surface area (Å²) in [6, 6.07) is 8.15. The van der Waals surface area contributed by atoms with Crippen LogP contribution in [0.5, 0.6) is 0 Å². The van der Waals surface area contributed by atoms with Gasteiger partial charge in [-0.1, -0.05) is 52.1 Å². The van der Waals surface area contributed by atoms with Gasteiger partial charge in [0.15, 0.2) is 13.5 Å². The second-order valence-electron chi connectivity index (χ2n) is 12.7. The fourth-order valence-electron chi connectivity index (χ4n) is 4.56. The standard InChI is InChI=1S/C30H42ClN7OSi/c1-29(2,3)40(6,7)39-19-30(4)18-35-28-23(17-32)14-22(15-24(28)30)25(33-5)10-12-34-20-36-27-16-26(31)37-38(27)13-11-21-8-9-21/h10,12,14-16,21,35-36H,5,8-9,11,13,18-20H2,1-4,6-7H3/b25-10-,34-12-/t30-/m1/s1. The first-order chi connectivity index (χ1) is 18.9. The largest absolute Gasteiger partial charge is 0.416 e. The van der Waals surface area contributed by atoms with Gasteiger partial charge in [0, 0.05) is 43.0 Å².